The molecule has 2 N–H and O–H groups in total. The van der Waals surface area contributed by atoms with E-state index in [4.69, 9.17) is 18.4 Å². The topological polar surface area (TPSA) is 155 Å². The van der Waals surface area contributed by atoms with E-state index in [1.807, 2.05) is 13.8 Å². The molecule has 1 aliphatic rings. The Morgan fingerprint density at radius 3 is 2.29 bits per heavy atom. The molecule has 1 rings (SSSR count). The number of hydrogen-bond acceptors (Lipinski definition) is 10. The van der Waals surface area contributed by atoms with E-state index in [0.29, 0.717) is 12.8 Å². The van der Waals surface area contributed by atoms with Crippen LogP contribution in [0.5, 0.6) is 0 Å². The van der Waals surface area contributed by atoms with Gasteiger partial charge in [-0.05, 0) is 25.2 Å². The predicted octanol–water partition coefficient (Wildman–Crippen LogP) is 2.50. The van der Waals surface area contributed by atoms with Crippen molar-refractivity contribution >= 4 is 28.1 Å². The molecule has 204 valence electrons. The third-order valence-corrected chi connectivity index (χ3v) is 6.80. The molecule has 0 spiro atoms. The van der Waals surface area contributed by atoms with E-state index < -0.39 is 46.7 Å². The highest BCUT2D eigenvalue weighted by Gasteiger charge is 2.40. The molecule has 1 aliphatic carbocycles. The maximum absolute atomic E-state index is 12.7. The number of esters is 1. The Morgan fingerprint density at radius 2 is 1.71 bits per heavy atom. The molecule has 0 aliphatic heterocycles. The van der Waals surface area contributed by atoms with Gasteiger partial charge < -0.3 is 24.6 Å². The Hall–Kier alpha value is -1.92. The van der Waals surface area contributed by atoms with Crippen molar-refractivity contribution in [1.29, 1.82) is 0 Å². The van der Waals surface area contributed by atoms with Crippen LogP contribution in [0.1, 0.15) is 73.1 Å². The highest BCUT2D eigenvalue weighted by Crippen LogP contribution is 2.30. The number of nitrogens with one attached hydrogen (secondary N) is 1. The molecular formula is C23H41NO10S. The normalized spacial score (nSPS) is 16.9. The molecule has 0 saturated heterocycles. The first-order valence-electron chi connectivity index (χ1n) is 12.1. The molecular weight excluding hydrogens is 482 g/mol. The summed E-state index contributed by atoms with van der Waals surface area (Å²) >= 11 is 0. The number of ether oxygens (including phenoxy) is 3. The Kier molecular flexibility index (Phi) is 13.0. The maximum atomic E-state index is 12.7. The van der Waals surface area contributed by atoms with Gasteiger partial charge in [-0.3, -0.25) is 8.98 Å². The van der Waals surface area contributed by atoms with E-state index in [-0.39, 0.29) is 43.1 Å². The standard InChI is InChI=1S/C23H41NO10S/c1-16(2)14-31-22(28)34-21(18-10-7-6-8-11-18)33-20(27)19(26)23(4,5)15-32-35(29,30)13-9-12-24-17(3)25/h16,18-19,21,26H,6-15H2,1-5H3,(H,24,25)/t19-,21?/m0/s1. The number of amides is 1. The van der Waals surface area contributed by atoms with Crippen molar-refractivity contribution < 1.29 is 46.3 Å². The third kappa shape index (κ3) is 12.6. The molecule has 1 unspecified atom stereocenters. The van der Waals surface area contributed by atoms with Crippen LogP contribution >= 0.6 is 0 Å². The summed E-state index contributed by atoms with van der Waals surface area (Å²) in [6.07, 6.45) is 0.440. The summed E-state index contributed by atoms with van der Waals surface area (Å²) in [5.74, 6) is -1.78. The minimum Gasteiger partial charge on any atom is -0.434 e. The fourth-order valence-electron chi connectivity index (χ4n) is 3.38. The van der Waals surface area contributed by atoms with E-state index in [9.17, 15) is 27.9 Å². The van der Waals surface area contributed by atoms with Crippen molar-refractivity contribution in [2.24, 2.45) is 17.3 Å². The van der Waals surface area contributed by atoms with Crippen LogP contribution < -0.4 is 5.32 Å². The Morgan fingerprint density at radius 1 is 1.09 bits per heavy atom. The second-order valence-corrected chi connectivity index (χ2v) is 11.8. The average Bonchev–Trinajstić information content (AvgIpc) is 2.79. The van der Waals surface area contributed by atoms with Crippen LogP contribution in [0.3, 0.4) is 0 Å². The van der Waals surface area contributed by atoms with Gasteiger partial charge in [0, 0.05) is 24.8 Å². The molecule has 0 aromatic carbocycles. The molecule has 0 radical (unpaired) electrons. The minimum atomic E-state index is -3.94. The lowest BCUT2D eigenvalue weighted by Crippen LogP contribution is -2.44. The summed E-state index contributed by atoms with van der Waals surface area (Å²) in [6, 6.07) is 0. The lowest BCUT2D eigenvalue weighted by molar-refractivity contribution is -0.198. The lowest BCUT2D eigenvalue weighted by atomic mass is 9.87. The van der Waals surface area contributed by atoms with Gasteiger partial charge in [0.2, 0.25) is 5.91 Å². The van der Waals surface area contributed by atoms with Gasteiger partial charge in [-0.2, -0.15) is 8.42 Å². The zero-order chi connectivity index (χ0) is 26.6. The van der Waals surface area contributed by atoms with Crippen molar-refractivity contribution in [1.82, 2.24) is 5.32 Å². The summed E-state index contributed by atoms with van der Waals surface area (Å²) in [5.41, 5.74) is -1.32. The van der Waals surface area contributed by atoms with Crippen LogP contribution in [0.15, 0.2) is 0 Å². The van der Waals surface area contributed by atoms with Crippen molar-refractivity contribution in [3.8, 4) is 0 Å². The molecule has 0 bridgehead atoms. The summed E-state index contributed by atoms with van der Waals surface area (Å²) < 4.78 is 45.0. The van der Waals surface area contributed by atoms with Crippen LogP contribution in [0, 0.1) is 17.3 Å². The van der Waals surface area contributed by atoms with Crippen LogP contribution in [0.2, 0.25) is 0 Å². The molecule has 0 heterocycles. The van der Waals surface area contributed by atoms with Gasteiger partial charge in [0.25, 0.3) is 16.4 Å². The van der Waals surface area contributed by atoms with Crippen LogP contribution in [0.4, 0.5) is 4.79 Å². The van der Waals surface area contributed by atoms with E-state index in [0.717, 1.165) is 19.3 Å². The quantitative estimate of drug-likeness (QED) is 0.150. The van der Waals surface area contributed by atoms with E-state index in [1.54, 1.807) is 0 Å². The number of carbonyl (C=O) groups is 3. The van der Waals surface area contributed by atoms with Crippen molar-refractivity contribution in [3.63, 3.8) is 0 Å². The van der Waals surface area contributed by atoms with E-state index >= 15 is 0 Å². The average molecular weight is 524 g/mol. The summed E-state index contributed by atoms with van der Waals surface area (Å²) in [5, 5.41) is 13.1. The van der Waals surface area contributed by atoms with Crippen LogP contribution in [0.25, 0.3) is 0 Å². The molecule has 11 nitrogen and oxygen atoms in total. The number of aliphatic hydroxyl groups excluding tert-OH is 1. The fraction of sp³-hybridized carbons (Fsp3) is 0.870. The molecule has 0 aromatic rings. The molecule has 1 amide bonds. The summed E-state index contributed by atoms with van der Waals surface area (Å²) in [4.78, 5) is 35.7. The molecule has 35 heavy (non-hydrogen) atoms. The first kappa shape index (κ1) is 31.1. The molecule has 0 aromatic heterocycles. The zero-order valence-electron chi connectivity index (χ0n) is 21.4. The van der Waals surface area contributed by atoms with E-state index in [2.05, 4.69) is 5.32 Å². The monoisotopic (exact) mass is 523 g/mol. The summed E-state index contributed by atoms with van der Waals surface area (Å²) in [7, 11) is -3.94. The molecule has 1 fully saturated rings. The van der Waals surface area contributed by atoms with Crippen molar-refractivity contribution in [2.45, 2.75) is 85.5 Å². The number of hydrogen-bond donors (Lipinski definition) is 2. The van der Waals surface area contributed by atoms with Crippen LogP contribution in [-0.4, -0.2) is 69.5 Å². The molecule has 2 atom stereocenters. The van der Waals surface area contributed by atoms with Gasteiger partial charge >= 0.3 is 12.1 Å². The largest absolute Gasteiger partial charge is 0.511 e. The van der Waals surface area contributed by atoms with Gasteiger partial charge in [-0.15, -0.1) is 0 Å². The fourth-order valence-corrected chi connectivity index (χ4v) is 4.48. The second kappa shape index (κ2) is 14.6. The smallest absolute Gasteiger partial charge is 0.434 e. The predicted molar refractivity (Wildman–Crippen MR) is 127 cm³/mol. The van der Waals surface area contributed by atoms with Crippen molar-refractivity contribution in [2.75, 3.05) is 25.5 Å². The van der Waals surface area contributed by atoms with Crippen LogP contribution in [-0.2, 0) is 38.1 Å². The van der Waals surface area contributed by atoms with Gasteiger partial charge in [0.15, 0.2) is 6.10 Å². The SMILES string of the molecule is CC(=O)NCCCS(=O)(=O)OCC(C)(C)[C@@H](O)C(=O)OC(OC(=O)OCC(C)C)C1CCCCC1. The number of carbonyl (C=O) groups excluding carboxylic acids is 3. The Labute approximate surface area is 208 Å². The molecule has 12 heteroatoms. The Bertz CT molecular complexity index is 790. The second-order valence-electron chi connectivity index (χ2n) is 10.0. The van der Waals surface area contributed by atoms with Gasteiger partial charge in [-0.25, -0.2) is 9.59 Å². The number of rotatable bonds is 14. The van der Waals surface area contributed by atoms with E-state index in [1.165, 1.54) is 20.8 Å². The number of aliphatic hydroxyl groups is 1. The molecule has 1 saturated carbocycles. The first-order chi connectivity index (χ1) is 16.2. The van der Waals surface area contributed by atoms with Gasteiger partial charge in [0.1, 0.15) is 0 Å². The van der Waals surface area contributed by atoms with Gasteiger partial charge in [0.05, 0.1) is 19.0 Å². The van der Waals surface area contributed by atoms with Gasteiger partial charge in [-0.1, -0.05) is 47.0 Å². The highest BCUT2D eigenvalue weighted by atomic mass is 32.2. The lowest BCUT2D eigenvalue weighted by Gasteiger charge is -2.32. The summed E-state index contributed by atoms with van der Waals surface area (Å²) in [6.45, 7) is 7.84. The zero-order valence-corrected chi connectivity index (χ0v) is 22.2. The Balaban J connectivity index is 2.71. The third-order valence-electron chi connectivity index (χ3n) is 5.53. The maximum Gasteiger partial charge on any atom is 0.511 e. The first-order valence-corrected chi connectivity index (χ1v) is 13.6. The minimum absolute atomic E-state index is 0.0996. The van der Waals surface area contributed by atoms with Crippen molar-refractivity contribution in [3.05, 3.63) is 0 Å². The highest BCUT2D eigenvalue weighted by molar-refractivity contribution is 7.86.